The van der Waals surface area contributed by atoms with Gasteiger partial charge in [0, 0.05) is 40.2 Å². The molecule has 5 nitrogen and oxygen atoms in total. The van der Waals surface area contributed by atoms with E-state index in [0.29, 0.717) is 6.54 Å². The number of rotatable bonds is 6. The summed E-state index contributed by atoms with van der Waals surface area (Å²) < 4.78 is 0. The van der Waals surface area contributed by atoms with Gasteiger partial charge in [0.15, 0.2) is 0 Å². The topological polar surface area (TPSA) is 52.7 Å². The van der Waals surface area contributed by atoms with Crippen molar-refractivity contribution < 1.29 is 9.59 Å². The van der Waals surface area contributed by atoms with Gasteiger partial charge in [-0.25, -0.2) is 0 Å². The molecule has 1 aliphatic heterocycles. The number of amides is 2. The minimum atomic E-state index is -0.141. The third kappa shape index (κ3) is 6.50. The second-order valence-electron chi connectivity index (χ2n) is 7.61. The number of likely N-dealkylation sites (tertiary alicyclic amines) is 1. The smallest absolute Gasteiger partial charge is 0.239 e. The van der Waals surface area contributed by atoms with Crippen LogP contribution in [-0.2, 0) is 22.7 Å². The zero-order chi connectivity index (χ0) is 18.4. The van der Waals surface area contributed by atoms with Crippen LogP contribution in [0.25, 0.3) is 0 Å². The van der Waals surface area contributed by atoms with Crippen LogP contribution in [0.1, 0.15) is 38.3 Å². The first-order valence-electron chi connectivity index (χ1n) is 9.12. The number of carbonyl (C=O) groups excluding carboxylic acids is 2. The van der Waals surface area contributed by atoms with E-state index in [4.69, 9.17) is 0 Å². The van der Waals surface area contributed by atoms with Gasteiger partial charge < -0.3 is 10.2 Å². The maximum atomic E-state index is 11.8. The summed E-state index contributed by atoms with van der Waals surface area (Å²) in [5.74, 6) is 1.29. The predicted octanol–water partition coefficient (Wildman–Crippen LogP) is 2.26. The molecule has 0 spiro atoms. The van der Waals surface area contributed by atoms with Crippen molar-refractivity contribution >= 4 is 11.8 Å². The first kappa shape index (κ1) is 19.4. The molecule has 2 atom stereocenters. The lowest BCUT2D eigenvalue weighted by Crippen LogP contribution is -2.38. The molecule has 138 valence electrons. The molecular weight excluding hydrogens is 314 g/mol. The Bertz CT molecular complexity index is 575. The maximum Gasteiger partial charge on any atom is 0.239 e. The second kappa shape index (κ2) is 8.99. The van der Waals surface area contributed by atoms with E-state index in [-0.39, 0.29) is 18.4 Å². The molecular formula is C20H31N3O2. The van der Waals surface area contributed by atoms with Crippen molar-refractivity contribution in [1.29, 1.82) is 0 Å². The lowest BCUT2D eigenvalue weighted by molar-refractivity contribution is -0.133. The molecule has 1 saturated heterocycles. The van der Waals surface area contributed by atoms with Crippen LogP contribution in [-0.4, -0.2) is 48.3 Å². The minimum Gasteiger partial charge on any atom is -0.350 e. The Balaban J connectivity index is 1.79. The molecule has 0 radical (unpaired) electrons. The number of nitrogens with one attached hydrogen (secondary N) is 1. The number of benzene rings is 1. The number of hydrogen-bond acceptors (Lipinski definition) is 3. The molecule has 0 bridgehead atoms. The molecule has 1 aromatic rings. The number of likely N-dealkylation sites (N-methyl/N-ethyl adjacent to an activating group) is 1. The lowest BCUT2D eigenvalue weighted by Gasteiger charge is -2.35. The zero-order valence-corrected chi connectivity index (χ0v) is 15.9. The number of hydrogen-bond donors (Lipinski definition) is 1. The highest BCUT2D eigenvalue weighted by molar-refractivity contribution is 5.83. The molecule has 2 rings (SSSR count). The van der Waals surface area contributed by atoms with E-state index in [1.807, 2.05) is 0 Å². The summed E-state index contributed by atoms with van der Waals surface area (Å²) in [6, 6.07) is 8.43. The molecule has 0 aromatic heterocycles. The van der Waals surface area contributed by atoms with Crippen molar-refractivity contribution in [3.63, 3.8) is 0 Å². The van der Waals surface area contributed by atoms with Gasteiger partial charge in [0.25, 0.3) is 0 Å². The fraction of sp³-hybridized carbons (Fsp3) is 0.600. The number of nitrogens with zero attached hydrogens (tertiary/aromatic N) is 2. The monoisotopic (exact) mass is 345 g/mol. The standard InChI is InChI=1S/C20H31N3O2/c1-15-9-16(2)12-23(11-15)13-19-7-5-18(6-8-19)10-21-20(25)14-22(4)17(3)24/h5-8,15-16H,9-14H2,1-4H3,(H,21,25)/t15-,16-/m1/s1. The van der Waals surface area contributed by atoms with Crippen molar-refractivity contribution in [2.24, 2.45) is 11.8 Å². The molecule has 1 N–H and O–H groups in total. The van der Waals surface area contributed by atoms with Gasteiger partial charge in [0.2, 0.25) is 11.8 Å². The Morgan fingerprint density at radius 3 is 2.24 bits per heavy atom. The fourth-order valence-corrected chi connectivity index (χ4v) is 3.53. The van der Waals surface area contributed by atoms with Crippen molar-refractivity contribution in [2.45, 2.75) is 40.3 Å². The maximum absolute atomic E-state index is 11.8. The van der Waals surface area contributed by atoms with Crippen LogP contribution < -0.4 is 5.32 Å². The molecule has 1 aromatic carbocycles. The molecule has 2 amide bonds. The van der Waals surface area contributed by atoms with E-state index in [2.05, 4.69) is 48.3 Å². The minimum absolute atomic E-state index is 0.0960. The highest BCUT2D eigenvalue weighted by Crippen LogP contribution is 2.22. The van der Waals surface area contributed by atoms with Crippen LogP contribution in [0.2, 0.25) is 0 Å². The summed E-state index contributed by atoms with van der Waals surface area (Å²) in [5, 5.41) is 2.85. The van der Waals surface area contributed by atoms with E-state index < -0.39 is 0 Å². The van der Waals surface area contributed by atoms with Crippen molar-refractivity contribution in [3.05, 3.63) is 35.4 Å². The van der Waals surface area contributed by atoms with Gasteiger partial charge in [0.05, 0.1) is 6.54 Å². The molecule has 1 aliphatic rings. The Kier molecular flexibility index (Phi) is 7.00. The third-order valence-corrected chi connectivity index (χ3v) is 4.78. The summed E-state index contributed by atoms with van der Waals surface area (Å²) in [6.07, 6.45) is 1.33. The highest BCUT2D eigenvalue weighted by atomic mass is 16.2. The molecule has 1 fully saturated rings. The SMILES string of the molecule is CC(=O)N(C)CC(=O)NCc1ccc(CN2C[C@H](C)C[C@@H](C)C2)cc1. The van der Waals surface area contributed by atoms with Crippen LogP contribution in [0, 0.1) is 11.8 Å². The second-order valence-corrected chi connectivity index (χ2v) is 7.61. The van der Waals surface area contributed by atoms with E-state index in [1.165, 1.54) is 36.9 Å². The van der Waals surface area contributed by atoms with Gasteiger partial charge in [-0.2, -0.15) is 0 Å². The van der Waals surface area contributed by atoms with E-state index in [9.17, 15) is 9.59 Å². The van der Waals surface area contributed by atoms with Gasteiger partial charge in [-0.3, -0.25) is 14.5 Å². The van der Waals surface area contributed by atoms with Crippen LogP contribution in [0.3, 0.4) is 0 Å². The number of carbonyl (C=O) groups is 2. The van der Waals surface area contributed by atoms with Gasteiger partial charge >= 0.3 is 0 Å². The van der Waals surface area contributed by atoms with E-state index in [0.717, 1.165) is 23.9 Å². The van der Waals surface area contributed by atoms with Crippen LogP contribution in [0.4, 0.5) is 0 Å². The number of piperidine rings is 1. The summed E-state index contributed by atoms with van der Waals surface area (Å²) in [5.41, 5.74) is 2.38. The van der Waals surface area contributed by atoms with Crippen LogP contribution in [0.5, 0.6) is 0 Å². The summed E-state index contributed by atoms with van der Waals surface area (Å²) in [6.45, 7) is 10.0. The fourth-order valence-electron chi connectivity index (χ4n) is 3.53. The van der Waals surface area contributed by atoms with E-state index >= 15 is 0 Å². The quantitative estimate of drug-likeness (QED) is 0.860. The van der Waals surface area contributed by atoms with Crippen molar-refractivity contribution in [3.8, 4) is 0 Å². The van der Waals surface area contributed by atoms with Gasteiger partial charge in [-0.05, 0) is 29.4 Å². The average molecular weight is 345 g/mol. The van der Waals surface area contributed by atoms with Crippen LogP contribution >= 0.6 is 0 Å². The van der Waals surface area contributed by atoms with Gasteiger partial charge in [-0.15, -0.1) is 0 Å². The van der Waals surface area contributed by atoms with Crippen molar-refractivity contribution in [2.75, 3.05) is 26.7 Å². The Morgan fingerprint density at radius 1 is 1.12 bits per heavy atom. The Morgan fingerprint density at radius 2 is 1.68 bits per heavy atom. The Labute approximate surface area is 151 Å². The summed E-state index contributed by atoms with van der Waals surface area (Å²) in [7, 11) is 1.62. The molecule has 1 heterocycles. The summed E-state index contributed by atoms with van der Waals surface area (Å²) >= 11 is 0. The highest BCUT2D eigenvalue weighted by Gasteiger charge is 2.21. The molecule has 25 heavy (non-hydrogen) atoms. The predicted molar refractivity (Wildman–Crippen MR) is 99.8 cm³/mol. The zero-order valence-electron chi connectivity index (χ0n) is 15.9. The molecule has 0 aliphatic carbocycles. The summed E-state index contributed by atoms with van der Waals surface area (Å²) in [4.78, 5) is 26.9. The molecule has 5 heteroatoms. The molecule has 0 unspecified atom stereocenters. The average Bonchev–Trinajstić information content (AvgIpc) is 2.53. The van der Waals surface area contributed by atoms with Crippen molar-refractivity contribution in [1.82, 2.24) is 15.1 Å². The van der Waals surface area contributed by atoms with E-state index in [1.54, 1.807) is 7.05 Å². The third-order valence-electron chi connectivity index (χ3n) is 4.78. The Hall–Kier alpha value is -1.88. The first-order valence-corrected chi connectivity index (χ1v) is 9.12. The largest absolute Gasteiger partial charge is 0.350 e. The van der Waals surface area contributed by atoms with Crippen LogP contribution in [0.15, 0.2) is 24.3 Å². The molecule has 0 saturated carbocycles. The van der Waals surface area contributed by atoms with Gasteiger partial charge in [0.1, 0.15) is 0 Å². The normalized spacial score (nSPS) is 21.0. The lowest BCUT2D eigenvalue weighted by atomic mass is 9.91. The first-order chi connectivity index (χ1) is 11.8. The van der Waals surface area contributed by atoms with Gasteiger partial charge in [-0.1, -0.05) is 38.1 Å².